The summed E-state index contributed by atoms with van der Waals surface area (Å²) >= 11 is 0. The monoisotopic (exact) mass is 375 g/mol. The number of rotatable bonds is 8. The molecule has 1 N–H and O–H groups in total. The summed E-state index contributed by atoms with van der Waals surface area (Å²) in [5, 5.41) is 3.47. The van der Waals surface area contributed by atoms with Crippen molar-refractivity contribution in [2.45, 2.75) is 37.7 Å². The maximum atomic E-state index is 5.72. The lowest BCUT2D eigenvalue weighted by Crippen LogP contribution is -2.40. The molecular weight excluding hydrogens is 342 g/mol. The second kappa shape index (κ2) is 10.5. The van der Waals surface area contributed by atoms with Gasteiger partial charge in [0.1, 0.15) is 5.75 Å². The summed E-state index contributed by atoms with van der Waals surface area (Å²) in [5.41, 5.74) is 1.37. The summed E-state index contributed by atoms with van der Waals surface area (Å²) in [6.07, 6.45) is 4.73. The molecule has 2 heterocycles. The van der Waals surface area contributed by atoms with Crippen LogP contribution in [0.3, 0.4) is 0 Å². The standard InChI is InChI=1S/C21H33N3O3/c1-22-21(23-11-4-13-26-16-20-5-3-14-27-20)24-12-10-18(15-24)17-6-8-19(25-2)9-7-17/h6-9,18,20H,3-5,10-16H2,1-2H3,(H,22,23). The average molecular weight is 376 g/mol. The molecule has 6 nitrogen and oxygen atoms in total. The van der Waals surface area contributed by atoms with Crippen molar-refractivity contribution in [2.24, 2.45) is 4.99 Å². The van der Waals surface area contributed by atoms with Gasteiger partial charge < -0.3 is 24.4 Å². The van der Waals surface area contributed by atoms with Crippen LogP contribution in [0.5, 0.6) is 5.75 Å². The molecule has 2 atom stereocenters. The van der Waals surface area contributed by atoms with E-state index in [-0.39, 0.29) is 0 Å². The van der Waals surface area contributed by atoms with E-state index in [1.54, 1.807) is 7.11 Å². The highest BCUT2D eigenvalue weighted by Crippen LogP contribution is 2.28. The van der Waals surface area contributed by atoms with E-state index in [2.05, 4.69) is 27.3 Å². The molecule has 0 spiro atoms. The fourth-order valence-electron chi connectivity index (χ4n) is 3.80. The lowest BCUT2D eigenvalue weighted by Gasteiger charge is -2.22. The van der Waals surface area contributed by atoms with Gasteiger partial charge in [0.05, 0.1) is 19.8 Å². The first-order chi connectivity index (χ1) is 13.3. The average Bonchev–Trinajstić information content (AvgIpc) is 3.40. The van der Waals surface area contributed by atoms with Gasteiger partial charge in [-0.05, 0) is 43.4 Å². The smallest absolute Gasteiger partial charge is 0.193 e. The van der Waals surface area contributed by atoms with Crippen molar-refractivity contribution >= 4 is 5.96 Å². The quantitative estimate of drug-likeness (QED) is 0.430. The summed E-state index contributed by atoms with van der Waals surface area (Å²) < 4.78 is 16.5. The number of likely N-dealkylation sites (tertiary alicyclic amines) is 1. The van der Waals surface area contributed by atoms with Gasteiger partial charge in [-0.3, -0.25) is 4.99 Å². The number of hydrogen-bond donors (Lipinski definition) is 1. The number of ether oxygens (including phenoxy) is 3. The molecule has 3 rings (SSSR count). The van der Waals surface area contributed by atoms with Gasteiger partial charge in [-0.15, -0.1) is 0 Å². The highest BCUT2D eigenvalue weighted by atomic mass is 16.5. The zero-order valence-electron chi connectivity index (χ0n) is 16.7. The molecule has 27 heavy (non-hydrogen) atoms. The Kier molecular flexibility index (Phi) is 7.78. The molecule has 0 aliphatic carbocycles. The van der Waals surface area contributed by atoms with Crippen LogP contribution >= 0.6 is 0 Å². The molecule has 2 aliphatic rings. The number of aliphatic imine (C=N–C) groups is 1. The van der Waals surface area contributed by atoms with E-state index in [0.717, 1.165) is 70.4 Å². The van der Waals surface area contributed by atoms with Crippen molar-refractivity contribution in [1.82, 2.24) is 10.2 Å². The third-order valence-electron chi connectivity index (χ3n) is 5.36. The van der Waals surface area contributed by atoms with Gasteiger partial charge in [-0.2, -0.15) is 0 Å². The largest absolute Gasteiger partial charge is 0.497 e. The Bertz CT molecular complexity index is 585. The predicted molar refractivity (Wildman–Crippen MR) is 108 cm³/mol. The Labute approximate surface area is 162 Å². The number of benzene rings is 1. The molecule has 0 radical (unpaired) electrons. The Balaban J connectivity index is 1.35. The molecule has 0 amide bonds. The molecule has 2 aliphatic heterocycles. The Hall–Kier alpha value is -1.79. The predicted octanol–water partition coefficient (Wildman–Crippen LogP) is 2.65. The number of nitrogens with one attached hydrogen (secondary N) is 1. The molecule has 0 aromatic heterocycles. The van der Waals surface area contributed by atoms with Crippen LogP contribution in [0.1, 0.15) is 37.2 Å². The fourth-order valence-corrected chi connectivity index (χ4v) is 3.80. The topological polar surface area (TPSA) is 55.3 Å². The van der Waals surface area contributed by atoms with Crippen molar-refractivity contribution in [2.75, 3.05) is 53.6 Å². The third kappa shape index (κ3) is 5.84. The molecule has 6 heteroatoms. The van der Waals surface area contributed by atoms with Gasteiger partial charge in [-0.1, -0.05) is 12.1 Å². The SMILES string of the molecule is CN=C(NCCCOCC1CCCO1)N1CCC(c2ccc(OC)cc2)C1. The van der Waals surface area contributed by atoms with E-state index in [4.69, 9.17) is 14.2 Å². The first-order valence-electron chi connectivity index (χ1n) is 10.1. The first kappa shape index (κ1) is 20.0. The zero-order valence-corrected chi connectivity index (χ0v) is 16.7. The zero-order chi connectivity index (χ0) is 18.9. The van der Waals surface area contributed by atoms with E-state index in [1.807, 2.05) is 19.2 Å². The van der Waals surface area contributed by atoms with Crippen LogP contribution in [0.25, 0.3) is 0 Å². The summed E-state index contributed by atoms with van der Waals surface area (Å²) in [6.45, 7) is 5.29. The minimum Gasteiger partial charge on any atom is -0.497 e. The van der Waals surface area contributed by atoms with Crippen LogP contribution in [-0.4, -0.2) is 70.6 Å². The second-order valence-corrected chi connectivity index (χ2v) is 7.24. The van der Waals surface area contributed by atoms with Crippen LogP contribution in [0.2, 0.25) is 0 Å². The van der Waals surface area contributed by atoms with Gasteiger partial charge >= 0.3 is 0 Å². The van der Waals surface area contributed by atoms with Crippen LogP contribution in [-0.2, 0) is 9.47 Å². The van der Waals surface area contributed by atoms with E-state index in [9.17, 15) is 0 Å². The Morgan fingerprint density at radius 3 is 2.85 bits per heavy atom. The molecule has 1 aromatic carbocycles. The molecule has 1 aromatic rings. The van der Waals surface area contributed by atoms with Crippen LogP contribution in [0.4, 0.5) is 0 Å². The second-order valence-electron chi connectivity index (χ2n) is 7.24. The summed E-state index contributed by atoms with van der Waals surface area (Å²) in [6, 6.07) is 8.44. The van der Waals surface area contributed by atoms with Crippen LogP contribution in [0, 0.1) is 0 Å². The molecule has 0 saturated carbocycles. The van der Waals surface area contributed by atoms with E-state index in [0.29, 0.717) is 12.0 Å². The number of nitrogens with zero attached hydrogens (tertiary/aromatic N) is 2. The van der Waals surface area contributed by atoms with Crippen molar-refractivity contribution in [3.05, 3.63) is 29.8 Å². The van der Waals surface area contributed by atoms with Crippen molar-refractivity contribution < 1.29 is 14.2 Å². The van der Waals surface area contributed by atoms with Crippen molar-refractivity contribution in [3.63, 3.8) is 0 Å². The number of methoxy groups -OCH3 is 1. The lowest BCUT2D eigenvalue weighted by atomic mass is 9.98. The number of hydrogen-bond acceptors (Lipinski definition) is 4. The summed E-state index contributed by atoms with van der Waals surface area (Å²) in [7, 11) is 3.56. The van der Waals surface area contributed by atoms with Crippen molar-refractivity contribution in [1.29, 1.82) is 0 Å². The van der Waals surface area contributed by atoms with Crippen LogP contribution in [0.15, 0.2) is 29.3 Å². The molecule has 0 bridgehead atoms. The third-order valence-corrected chi connectivity index (χ3v) is 5.36. The lowest BCUT2D eigenvalue weighted by molar-refractivity contribution is 0.0168. The molecule has 2 unspecified atom stereocenters. The maximum Gasteiger partial charge on any atom is 0.193 e. The highest BCUT2D eigenvalue weighted by molar-refractivity contribution is 5.80. The normalized spacial score (nSPS) is 23.0. The Morgan fingerprint density at radius 2 is 2.15 bits per heavy atom. The van der Waals surface area contributed by atoms with E-state index in [1.165, 1.54) is 12.0 Å². The van der Waals surface area contributed by atoms with Crippen molar-refractivity contribution in [3.8, 4) is 5.75 Å². The number of guanidine groups is 1. The Morgan fingerprint density at radius 1 is 1.30 bits per heavy atom. The molecule has 150 valence electrons. The fraction of sp³-hybridized carbons (Fsp3) is 0.667. The molecule has 2 fully saturated rings. The van der Waals surface area contributed by atoms with Gasteiger partial charge in [0, 0.05) is 45.8 Å². The first-order valence-corrected chi connectivity index (χ1v) is 10.1. The maximum absolute atomic E-state index is 5.72. The summed E-state index contributed by atoms with van der Waals surface area (Å²) in [5.74, 6) is 2.45. The minimum atomic E-state index is 0.310. The summed E-state index contributed by atoms with van der Waals surface area (Å²) in [4.78, 5) is 6.81. The molecule has 2 saturated heterocycles. The van der Waals surface area contributed by atoms with Gasteiger partial charge in [0.2, 0.25) is 0 Å². The van der Waals surface area contributed by atoms with E-state index >= 15 is 0 Å². The van der Waals surface area contributed by atoms with Gasteiger partial charge in [0.25, 0.3) is 0 Å². The molecular formula is C21H33N3O3. The minimum absolute atomic E-state index is 0.310. The van der Waals surface area contributed by atoms with Gasteiger partial charge in [0.15, 0.2) is 5.96 Å². The van der Waals surface area contributed by atoms with Gasteiger partial charge in [-0.25, -0.2) is 0 Å². The highest BCUT2D eigenvalue weighted by Gasteiger charge is 2.26. The van der Waals surface area contributed by atoms with Crippen LogP contribution < -0.4 is 10.1 Å². The van der Waals surface area contributed by atoms with E-state index < -0.39 is 0 Å².